The van der Waals surface area contributed by atoms with E-state index in [4.69, 9.17) is 0 Å². The van der Waals surface area contributed by atoms with Crippen molar-refractivity contribution in [2.75, 3.05) is 19.6 Å². The number of nitrogens with one attached hydrogen (secondary N) is 1. The van der Waals surface area contributed by atoms with Gasteiger partial charge in [-0.1, -0.05) is 42.5 Å². The Labute approximate surface area is 132 Å². The third-order valence-corrected chi connectivity index (χ3v) is 4.32. The molecule has 1 saturated heterocycles. The summed E-state index contributed by atoms with van der Waals surface area (Å²) >= 11 is 0. The molecular weight excluding hydrogens is 275 g/mol. The van der Waals surface area contributed by atoms with Crippen LogP contribution in [0, 0.1) is 5.82 Å². The molecule has 2 nitrogen and oxygen atoms in total. The van der Waals surface area contributed by atoms with Crippen LogP contribution in [0.5, 0.6) is 0 Å². The molecule has 0 aromatic heterocycles. The Balaban J connectivity index is 1.63. The van der Waals surface area contributed by atoms with Crippen molar-refractivity contribution in [2.24, 2.45) is 0 Å². The van der Waals surface area contributed by atoms with Crippen molar-refractivity contribution < 1.29 is 4.39 Å². The van der Waals surface area contributed by atoms with Gasteiger partial charge in [0.15, 0.2) is 0 Å². The van der Waals surface area contributed by atoms with E-state index in [0.717, 1.165) is 12.1 Å². The van der Waals surface area contributed by atoms with E-state index in [0.29, 0.717) is 12.6 Å². The summed E-state index contributed by atoms with van der Waals surface area (Å²) in [5, 5.41) is 3.50. The third kappa shape index (κ3) is 3.93. The minimum absolute atomic E-state index is 0.168. The lowest BCUT2D eigenvalue weighted by molar-refractivity contribution is 0.238. The smallest absolute Gasteiger partial charge is 0.123 e. The van der Waals surface area contributed by atoms with Crippen molar-refractivity contribution in [3.63, 3.8) is 0 Å². The average molecular weight is 298 g/mol. The molecule has 116 valence electrons. The van der Waals surface area contributed by atoms with Crippen LogP contribution in [0.15, 0.2) is 54.6 Å². The summed E-state index contributed by atoms with van der Waals surface area (Å²) in [5.74, 6) is -0.168. The second-order valence-corrected chi connectivity index (χ2v) is 5.93. The normalized spacial score (nSPS) is 16.8. The fraction of sp³-hybridized carbons (Fsp3) is 0.368. The molecule has 1 fully saturated rings. The first-order valence-electron chi connectivity index (χ1n) is 8.07. The SMILES string of the molecule is Fc1cccc(CNCC(c2ccccc2)N2CCCC2)c1. The highest BCUT2D eigenvalue weighted by atomic mass is 19.1. The van der Waals surface area contributed by atoms with E-state index >= 15 is 0 Å². The van der Waals surface area contributed by atoms with Gasteiger partial charge in [-0.25, -0.2) is 4.39 Å². The standard InChI is InChI=1S/C19H23FN2/c20-18-10-6-7-16(13-18)14-21-15-19(22-11-4-5-12-22)17-8-2-1-3-9-17/h1-3,6-10,13,19,21H,4-5,11-12,14-15H2. The topological polar surface area (TPSA) is 15.3 Å². The van der Waals surface area contributed by atoms with Gasteiger partial charge in [0.2, 0.25) is 0 Å². The lowest BCUT2D eigenvalue weighted by Gasteiger charge is -2.28. The van der Waals surface area contributed by atoms with Crippen LogP contribution in [-0.4, -0.2) is 24.5 Å². The van der Waals surface area contributed by atoms with Gasteiger partial charge in [-0.15, -0.1) is 0 Å². The molecule has 2 aromatic rings. The molecule has 0 bridgehead atoms. The Morgan fingerprint density at radius 2 is 1.77 bits per heavy atom. The largest absolute Gasteiger partial charge is 0.311 e. The van der Waals surface area contributed by atoms with Crippen LogP contribution >= 0.6 is 0 Å². The average Bonchev–Trinajstić information content (AvgIpc) is 3.07. The Kier molecular flexibility index (Phi) is 5.20. The highest BCUT2D eigenvalue weighted by Gasteiger charge is 2.22. The van der Waals surface area contributed by atoms with Gasteiger partial charge >= 0.3 is 0 Å². The van der Waals surface area contributed by atoms with Crippen LogP contribution in [0.4, 0.5) is 4.39 Å². The van der Waals surface area contributed by atoms with Crippen molar-refractivity contribution in [3.05, 3.63) is 71.5 Å². The van der Waals surface area contributed by atoms with Gasteiger partial charge in [-0.05, 0) is 49.2 Å². The molecule has 0 radical (unpaired) electrons. The molecule has 22 heavy (non-hydrogen) atoms. The molecule has 0 saturated carbocycles. The van der Waals surface area contributed by atoms with Crippen LogP contribution in [-0.2, 0) is 6.54 Å². The molecule has 3 rings (SSSR count). The first kappa shape index (κ1) is 15.2. The summed E-state index contributed by atoms with van der Waals surface area (Å²) in [4.78, 5) is 2.55. The summed E-state index contributed by atoms with van der Waals surface area (Å²) in [5.41, 5.74) is 2.35. The molecular formula is C19H23FN2. The molecule has 0 amide bonds. The van der Waals surface area contributed by atoms with E-state index in [9.17, 15) is 4.39 Å². The van der Waals surface area contributed by atoms with Crippen LogP contribution < -0.4 is 5.32 Å². The van der Waals surface area contributed by atoms with Gasteiger partial charge in [-0.2, -0.15) is 0 Å². The summed E-state index contributed by atoms with van der Waals surface area (Å²) in [6, 6.07) is 17.9. The molecule has 1 atom stereocenters. The molecule has 1 unspecified atom stereocenters. The van der Waals surface area contributed by atoms with E-state index < -0.39 is 0 Å². The van der Waals surface area contributed by atoms with Crippen molar-refractivity contribution in [2.45, 2.75) is 25.4 Å². The van der Waals surface area contributed by atoms with Crippen LogP contribution in [0.25, 0.3) is 0 Å². The number of halogens is 1. The Morgan fingerprint density at radius 1 is 1.00 bits per heavy atom. The molecule has 1 heterocycles. The second-order valence-electron chi connectivity index (χ2n) is 5.93. The predicted octanol–water partition coefficient (Wildman–Crippen LogP) is 3.75. The molecule has 2 aromatic carbocycles. The predicted molar refractivity (Wildman–Crippen MR) is 88.1 cm³/mol. The number of rotatable bonds is 6. The van der Waals surface area contributed by atoms with E-state index in [1.54, 1.807) is 12.1 Å². The van der Waals surface area contributed by atoms with Gasteiger partial charge in [0.25, 0.3) is 0 Å². The Morgan fingerprint density at radius 3 is 2.50 bits per heavy atom. The maximum Gasteiger partial charge on any atom is 0.123 e. The van der Waals surface area contributed by atoms with Crippen LogP contribution in [0.2, 0.25) is 0 Å². The first-order valence-corrected chi connectivity index (χ1v) is 8.07. The minimum atomic E-state index is -0.168. The Hall–Kier alpha value is -1.71. The quantitative estimate of drug-likeness (QED) is 0.873. The van der Waals surface area contributed by atoms with Crippen LogP contribution in [0.3, 0.4) is 0 Å². The van der Waals surface area contributed by atoms with Gasteiger partial charge in [0, 0.05) is 19.1 Å². The van der Waals surface area contributed by atoms with Gasteiger partial charge in [-0.3, -0.25) is 4.90 Å². The van der Waals surface area contributed by atoms with E-state index in [1.807, 2.05) is 6.07 Å². The molecule has 0 aliphatic carbocycles. The summed E-state index contributed by atoms with van der Waals surface area (Å²) in [7, 11) is 0. The van der Waals surface area contributed by atoms with Crippen molar-refractivity contribution in [1.82, 2.24) is 10.2 Å². The summed E-state index contributed by atoms with van der Waals surface area (Å²) in [6.45, 7) is 3.93. The lowest BCUT2D eigenvalue weighted by Crippen LogP contribution is -2.34. The maximum absolute atomic E-state index is 13.2. The monoisotopic (exact) mass is 298 g/mol. The third-order valence-electron chi connectivity index (χ3n) is 4.32. The van der Waals surface area contributed by atoms with Crippen LogP contribution in [0.1, 0.15) is 30.0 Å². The van der Waals surface area contributed by atoms with E-state index in [1.165, 1.54) is 37.6 Å². The molecule has 1 N–H and O–H groups in total. The van der Waals surface area contributed by atoms with Gasteiger partial charge in [0.05, 0.1) is 0 Å². The van der Waals surface area contributed by atoms with Crippen molar-refractivity contribution in [1.29, 1.82) is 0 Å². The van der Waals surface area contributed by atoms with Gasteiger partial charge < -0.3 is 5.32 Å². The van der Waals surface area contributed by atoms with Crippen molar-refractivity contribution in [3.8, 4) is 0 Å². The van der Waals surface area contributed by atoms with E-state index in [-0.39, 0.29) is 5.82 Å². The fourth-order valence-electron chi connectivity index (χ4n) is 3.19. The number of nitrogens with zero attached hydrogens (tertiary/aromatic N) is 1. The molecule has 1 aliphatic heterocycles. The van der Waals surface area contributed by atoms with Gasteiger partial charge in [0.1, 0.15) is 5.82 Å². The number of likely N-dealkylation sites (tertiary alicyclic amines) is 1. The number of hydrogen-bond donors (Lipinski definition) is 1. The zero-order valence-electron chi connectivity index (χ0n) is 12.8. The zero-order valence-corrected chi connectivity index (χ0v) is 12.8. The molecule has 0 spiro atoms. The lowest BCUT2D eigenvalue weighted by atomic mass is 10.1. The molecule has 1 aliphatic rings. The Bertz CT molecular complexity index is 579. The number of benzene rings is 2. The summed E-state index contributed by atoms with van der Waals surface area (Å²) in [6.07, 6.45) is 2.57. The number of hydrogen-bond acceptors (Lipinski definition) is 2. The summed E-state index contributed by atoms with van der Waals surface area (Å²) < 4.78 is 13.2. The second kappa shape index (κ2) is 7.52. The first-order chi connectivity index (χ1) is 10.8. The highest BCUT2D eigenvalue weighted by molar-refractivity contribution is 5.20. The zero-order chi connectivity index (χ0) is 15.2. The maximum atomic E-state index is 13.2. The minimum Gasteiger partial charge on any atom is -0.311 e. The highest BCUT2D eigenvalue weighted by Crippen LogP contribution is 2.24. The van der Waals surface area contributed by atoms with E-state index in [2.05, 4.69) is 40.5 Å². The van der Waals surface area contributed by atoms with Crippen molar-refractivity contribution >= 4 is 0 Å². The molecule has 3 heteroatoms. The fourth-order valence-corrected chi connectivity index (χ4v) is 3.19.